The molecule has 0 radical (unpaired) electrons. The van der Waals surface area contributed by atoms with Gasteiger partial charge in [-0.1, -0.05) is 120 Å². The minimum absolute atomic E-state index is 0.0190. The van der Waals surface area contributed by atoms with Gasteiger partial charge < -0.3 is 0 Å². The van der Waals surface area contributed by atoms with Crippen molar-refractivity contribution in [3.63, 3.8) is 0 Å². The van der Waals surface area contributed by atoms with Gasteiger partial charge in [0.05, 0.1) is 0 Å². The molecule has 4 rings (SSSR count). The predicted molar refractivity (Wildman–Crippen MR) is 163 cm³/mol. The van der Waals surface area contributed by atoms with Crippen molar-refractivity contribution in [3.05, 3.63) is 69.4 Å². The molecule has 0 heterocycles. The largest absolute Gasteiger partial charge is 0.0839 e. The molecule has 0 nitrogen and oxygen atoms in total. The maximum absolute atomic E-state index is 2.72. The smallest absolute Gasteiger partial charge is 0.00413 e. The minimum atomic E-state index is 0.0190. The fourth-order valence-electron chi connectivity index (χ4n) is 8.26. The lowest BCUT2D eigenvalue weighted by molar-refractivity contribution is -0.0173. The first-order valence-electron chi connectivity index (χ1n) is 15.0. The van der Waals surface area contributed by atoms with Gasteiger partial charge >= 0.3 is 0 Å². The highest BCUT2D eigenvalue weighted by Gasteiger charge is 2.56. The van der Waals surface area contributed by atoms with Crippen LogP contribution in [0.4, 0.5) is 0 Å². The monoisotopic (exact) mass is 500 g/mol. The zero-order valence-electron chi connectivity index (χ0n) is 26.8. The first-order valence-corrected chi connectivity index (χ1v) is 15.0. The maximum atomic E-state index is 2.72. The fourth-order valence-corrected chi connectivity index (χ4v) is 8.26. The SMILES string of the molecule is CC1=C(C=C2C3=C(C=CCC3)C(C)(C)C(C)(C)C(C)(C)C2C)C(C)(C)C(C)(C)C(C)(C)C2=C1CCC=C2. The van der Waals surface area contributed by atoms with Crippen LogP contribution in [0.2, 0.25) is 0 Å². The lowest BCUT2D eigenvalue weighted by Gasteiger charge is -2.54. The van der Waals surface area contributed by atoms with Gasteiger partial charge in [0.1, 0.15) is 0 Å². The van der Waals surface area contributed by atoms with Crippen molar-refractivity contribution in [1.82, 2.24) is 0 Å². The molecule has 4 aliphatic rings. The molecule has 37 heavy (non-hydrogen) atoms. The molecular weight excluding hydrogens is 444 g/mol. The Morgan fingerprint density at radius 3 is 1.65 bits per heavy atom. The van der Waals surface area contributed by atoms with E-state index in [1.54, 1.807) is 33.4 Å². The average Bonchev–Trinajstić information content (AvgIpc) is 2.87. The van der Waals surface area contributed by atoms with Crippen molar-refractivity contribution in [1.29, 1.82) is 0 Å². The highest BCUT2D eigenvalue weighted by Crippen LogP contribution is 2.66. The van der Waals surface area contributed by atoms with Gasteiger partial charge in [0.2, 0.25) is 0 Å². The van der Waals surface area contributed by atoms with Crippen LogP contribution in [-0.2, 0) is 0 Å². The van der Waals surface area contributed by atoms with Crippen molar-refractivity contribution in [3.8, 4) is 0 Å². The molecule has 0 aromatic rings. The summed E-state index contributed by atoms with van der Waals surface area (Å²) >= 11 is 0. The van der Waals surface area contributed by atoms with E-state index >= 15 is 0 Å². The Hall–Kier alpha value is -1.56. The normalized spacial score (nSPS) is 32.2. The van der Waals surface area contributed by atoms with Gasteiger partial charge in [0.15, 0.2) is 0 Å². The van der Waals surface area contributed by atoms with E-state index in [2.05, 4.69) is 127 Å². The molecule has 4 aliphatic carbocycles. The Kier molecular flexibility index (Phi) is 6.51. The Bertz CT molecular complexity index is 1170. The van der Waals surface area contributed by atoms with Crippen molar-refractivity contribution in [2.45, 2.75) is 123 Å². The molecule has 0 heteroatoms. The summed E-state index contributed by atoms with van der Waals surface area (Å²) < 4.78 is 0. The highest BCUT2D eigenvalue weighted by atomic mass is 14.6. The summed E-state index contributed by atoms with van der Waals surface area (Å²) in [4.78, 5) is 0. The van der Waals surface area contributed by atoms with Gasteiger partial charge in [-0.25, -0.2) is 0 Å². The predicted octanol–water partition coefficient (Wildman–Crippen LogP) is 11.3. The quantitative estimate of drug-likeness (QED) is 0.336. The third-order valence-corrected chi connectivity index (χ3v) is 13.7. The lowest BCUT2D eigenvalue weighted by atomic mass is 9.50. The van der Waals surface area contributed by atoms with Crippen LogP contribution >= 0.6 is 0 Å². The Morgan fingerprint density at radius 2 is 1.11 bits per heavy atom. The molecule has 0 fully saturated rings. The van der Waals surface area contributed by atoms with E-state index in [-0.39, 0.29) is 32.5 Å². The molecule has 204 valence electrons. The van der Waals surface area contributed by atoms with Crippen LogP contribution < -0.4 is 0 Å². The zero-order chi connectivity index (χ0) is 28.0. The van der Waals surface area contributed by atoms with E-state index in [0.29, 0.717) is 5.92 Å². The second-order valence-corrected chi connectivity index (χ2v) is 15.9. The fraction of sp³-hybridized carbons (Fsp3) is 0.676. The molecule has 0 saturated carbocycles. The minimum Gasteiger partial charge on any atom is -0.0839 e. The van der Waals surface area contributed by atoms with Crippen molar-refractivity contribution >= 4 is 0 Å². The summed E-state index contributed by atoms with van der Waals surface area (Å²) in [5.41, 5.74) is 11.7. The van der Waals surface area contributed by atoms with E-state index < -0.39 is 0 Å². The van der Waals surface area contributed by atoms with Gasteiger partial charge in [-0.15, -0.1) is 0 Å². The first kappa shape index (κ1) is 28.4. The molecule has 1 unspecified atom stereocenters. The molecule has 0 aromatic heterocycles. The second kappa shape index (κ2) is 8.47. The van der Waals surface area contributed by atoms with Crippen LogP contribution in [0.25, 0.3) is 0 Å². The Labute approximate surface area is 230 Å². The van der Waals surface area contributed by atoms with Crippen LogP contribution in [0.3, 0.4) is 0 Å². The highest BCUT2D eigenvalue weighted by molar-refractivity contribution is 5.58. The van der Waals surface area contributed by atoms with E-state index in [1.165, 1.54) is 5.57 Å². The van der Waals surface area contributed by atoms with Gasteiger partial charge in [-0.3, -0.25) is 0 Å². The number of rotatable bonds is 1. The topological polar surface area (TPSA) is 0 Å². The summed E-state index contributed by atoms with van der Waals surface area (Å²) in [7, 11) is 0. The molecule has 0 aliphatic heterocycles. The van der Waals surface area contributed by atoms with E-state index in [9.17, 15) is 0 Å². The maximum Gasteiger partial charge on any atom is -0.00413 e. The van der Waals surface area contributed by atoms with Crippen molar-refractivity contribution < 1.29 is 0 Å². The second-order valence-electron chi connectivity index (χ2n) is 15.9. The standard InChI is InChI=1S/C37H56/c1-24-26-19-15-17-21-29(26)33(5,6)37(13,14)35(9,10)31(24)23-28-25(2)32(3,4)36(11,12)34(7,8)30-22-18-16-20-27(28)30/h17-18,21-23,25H,15-16,19-20H2,1-14H3. The number of allylic oxidation sites excluding steroid dienone is 12. The summed E-state index contributed by atoms with van der Waals surface area (Å²) in [6.07, 6.45) is 17.1. The molecular formula is C37H56. The Balaban J connectivity index is 2.10. The molecule has 0 spiro atoms. The third kappa shape index (κ3) is 3.59. The van der Waals surface area contributed by atoms with Crippen LogP contribution in [0.1, 0.15) is 123 Å². The van der Waals surface area contributed by atoms with Crippen LogP contribution in [-0.4, -0.2) is 0 Å². The first-order chi connectivity index (χ1) is 16.8. The lowest BCUT2D eigenvalue weighted by Crippen LogP contribution is -2.47. The zero-order valence-corrected chi connectivity index (χ0v) is 26.8. The molecule has 0 saturated heterocycles. The van der Waals surface area contributed by atoms with Crippen LogP contribution in [0, 0.1) is 38.4 Å². The van der Waals surface area contributed by atoms with Gasteiger partial charge in [0.25, 0.3) is 0 Å². The van der Waals surface area contributed by atoms with Gasteiger partial charge in [-0.2, -0.15) is 0 Å². The summed E-state index contributed by atoms with van der Waals surface area (Å²) in [5, 5.41) is 0. The van der Waals surface area contributed by atoms with Crippen LogP contribution in [0.15, 0.2) is 69.4 Å². The van der Waals surface area contributed by atoms with E-state index in [1.807, 2.05) is 0 Å². The molecule has 1 atom stereocenters. The number of hydrogen-bond acceptors (Lipinski definition) is 0. The van der Waals surface area contributed by atoms with Gasteiger partial charge in [0, 0.05) is 0 Å². The summed E-state index contributed by atoms with van der Waals surface area (Å²) in [6.45, 7) is 35.2. The number of hydrogen-bond donors (Lipinski definition) is 0. The van der Waals surface area contributed by atoms with E-state index in [0.717, 1.165) is 25.7 Å². The third-order valence-electron chi connectivity index (χ3n) is 13.7. The molecule has 0 bridgehead atoms. The summed E-state index contributed by atoms with van der Waals surface area (Å²) in [6, 6.07) is 0. The summed E-state index contributed by atoms with van der Waals surface area (Å²) in [5.74, 6) is 0.468. The van der Waals surface area contributed by atoms with E-state index in [4.69, 9.17) is 0 Å². The van der Waals surface area contributed by atoms with Crippen molar-refractivity contribution in [2.75, 3.05) is 0 Å². The van der Waals surface area contributed by atoms with Gasteiger partial charge in [-0.05, 0) is 110 Å². The molecule has 0 N–H and O–H groups in total. The molecule has 0 amide bonds. The van der Waals surface area contributed by atoms with Crippen LogP contribution in [0.5, 0.6) is 0 Å². The Morgan fingerprint density at radius 1 is 0.649 bits per heavy atom. The average molecular weight is 501 g/mol. The van der Waals surface area contributed by atoms with Crippen molar-refractivity contribution in [2.24, 2.45) is 38.4 Å². The molecule has 0 aromatic carbocycles.